The van der Waals surface area contributed by atoms with Crippen molar-refractivity contribution in [2.75, 3.05) is 5.88 Å². The van der Waals surface area contributed by atoms with E-state index in [0.29, 0.717) is 5.92 Å². The summed E-state index contributed by atoms with van der Waals surface area (Å²) in [6.07, 6.45) is 1.18. The van der Waals surface area contributed by atoms with Crippen molar-refractivity contribution in [2.45, 2.75) is 51.9 Å². The van der Waals surface area contributed by atoms with Crippen LogP contribution < -0.4 is 0 Å². The Morgan fingerprint density at radius 1 is 1.18 bits per heavy atom. The van der Waals surface area contributed by atoms with Gasteiger partial charge in [-0.15, -0.1) is 11.6 Å². The summed E-state index contributed by atoms with van der Waals surface area (Å²) in [5, 5.41) is 0. The van der Waals surface area contributed by atoms with E-state index in [2.05, 4.69) is 52.8 Å². The summed E-state index contributed by atoms with van der Waals surface area (Å²) in [7, 11) is 0. The zero-order chi connectivity index (χ0) is 12.8. The summed E-state index contributed by atoms with van der Waals surface area (Å²) in [6.45, 7) is 11.5. The molecule has 94 valence electrons. The van der Waals surface area contributed by atoms with Gasteiger partial charge in [-0.05, 0) is 41.2 Å². The predicted molar refractivity (Wildman–Crippen MR) is 76.1 cm³/mol. The van der Waals surface area contributed by atoms with Crippen LogP contribution in [0, 0.1) is 12.8 Å². The van der Waals surface area contributed by atoms with Crippen LogP contribution >= 0.6 is 11.6 Å². The van der Waals surface area contributed by atoms with Gasteiger partial charge in [0.15, 0.2) is 0 Å². The molecule has 0 spiro atoms. The van der Waals surface area contributed by atoms with Crippen molar-refractivity contribution in [3.8, 4) is 0 Å². The third kappa shape index (κ3) is 2.01. The molecule has 0 saturated heterocycles. The lowest BCUT2D eigenvalue weighted by atomic mass is 9.58. The number of aryl methyl sites for hydroxylation is 1. The predicted octanol–water partition coefficient (Wildman–Crippen LogP) is 4.81. The van der Waals surface area contributed by atoms with Crippen LogP contribution in [0.15, 0.2) is 18.2 Å². The molecule has 1 aliphatic carbocycles. The van der Waals surface area contributed by atoms with Crippen molar-refractivity contribution >= 4 is 11.6 Å². The van der Waals surface area contributed by atoms with Crippen molar-refractivity contribution in [1.82, 2.24) is 0 Å². The second-order valence-corrected chi connectivity index (χ2v) is 7.02. The van der Waals surface area contributed by atoms with E-state index in [4.69, 9.17) is 11.6 Å². The van der Waals surface area contributed by atoms with Crippen LogP contribution in [-0.4, -0.2) is 5.88 Å². The maximum atomic E-state index is 6.20. The first-order valence-corrected chi connectivity index (χ1v) is 7.00. The average molecular weight is 251 g/mol. The first-order chi connectivity index (χ1) is 7.79. The Hall–Kier alpha value is -0.490. The van der Waals surface area contributed by atoms with Crippen LogP contribution in [0.4, 0.5) is 0 Å². The van der Waals surface area contributed by atoms with E-state index < -0.39 is 0 Å². The topological polar surface area (TPSA) is 0 Å². The molecule has 0 heterocycles. The molecular weight excluding hydrogens is 228 g/mol. The lowest BCUT2D eigenvalue weighted by Gasteiger charge is -2.47. The zero-order valence-electron chi connectivity index (χ0n) is 11.6. The molecule has 0 aliphatic heterocycles. The van der Waals surface area contributed by atoms with Gasteiger partial charge in [-0.25, -0.2) is 0 Å². The molecule has 1 aromatic rings. The Morgan fingerprint density at radius 3 is 2.41 bits per heavy atom. The van der Waals surface area contributed by atoms with E-state index >= 15 is 0 Å². The largest absolute Gasteiger partial charge is 0.126 e. The average Bonchev–Trinajstić information content (AvgIpc) is 2.24. The normalized spacial score (nSPS) is 25.4. The van der Waals surface area contributed by atoms with Gasteiger partial charge < -0.3 is 0 Å². The Bertz CT molecular complexity index is 429. The van der Waals surface area contributed by atoms with Gasteiger partial charge in [0.25, 0.3) is 0 Å². The number of fused-ring (bicyclic) bond motifs is 1. The summed E-state index contributed by atoms with van der Waals surface area (Å²) < 4.78 is 0. The van der Waals surface area contributed by atoms with Gasteiger partial charge in [-0.2, -0.15) is 0 Å². The van der Waals surface area contributed by atoms with Crippen molar-refractivity contribution in [2.24, 2.45) is 5.92 Å². The summed E-state index contributed by atoms with van der Waals surface area (Å²) in [5.74, 6) is 1.32. The highest BCUT2D eigenvalue weighted by atomic mass is 35.5. The highest BCUT2D eigenvalue weighted by Crippen LogP contribution is 2.49. The zero-order valence-corrected chi connectivity index (χ0v) is 12.4. The Labute approximate surface area is 110 Å². The second-order valence-electron chi connectivity index (χ2n) is 6.71. The number of alkyl halides is 1. The Balaban J connectivity index is 2.64. The quantitative estimate of drug-likeness (QED) is 0.628. The van der Waals surface area contributed by atoms with Crippen LogP contribution in [0.2, 0.25) is 0 Å². The van der Waals surface area contributed by atoms with Gasteiger partial charge >= 0.3 is 0 Å². The molecule has 1 heteroatoms. The molecule has 0 bridgehead atoms. The van der Waals surface area contributed by atoms with E-state index in [9.17, 15) is 0 Å². The molecule has 0 radical (unpaired) electrons. The second kappa shape index (κ2) is 4.02. The van der Waals surface area contributed by atoms with E-state index in [1.807, 2.05) is 0 Å². The van der Waals surface area contributed by atoms with Crippen molar-refractivity contribution in [1.29, 1.82) is 0 Å². The van der Waals surface area contributed by atoms with Gasteiger partial charge in [0.2, 0.25) is 0 Å². The SMILES string of the molecule is Cc1ccc2c(c1)C(C)(C)C(CCl)CC2(C)C. The van der Waals surface area contributed by atoms with E-state index in [1.165, 1.54) is 23.1 Å². The lowest BCUT2D eigenvalue weighted by molar-refractivity contribution is 0.236. The molecule has 0 fully saturated rings. The van der Waals surface area contributed by atoms with Crippen LogP contribution in [0.1, 0.15) is 50.8 Å². The van der Waals surface area contributed by atoms with Crippen molar-refractivity contribution in [3.05, 3.63) is 34.9 Å². The molecule has 0 aromatic heterocycles. The molecule has 1 aliphatic rings. The highest BCUT2D eigenvalue weighted by molar-refractivity contribution is 6.18. The van der Waals surface area contributed by atoms with Gasteiger partial charge in [-0.1, -0.05) is 51.5 Å². The van der Waals surface area contributed by atoms with E-state index in [1.54, 1.807) is 0 Å². The third-order valence-corrected chi connectivity index (χ3v) is 4.93. The third-order valence-electron chi connectivity index (χ3n) is 4.56. The minimum absolute atomic E-state index is 0.193. The standard InChI is InChI=1S/C16H23Cl/c1-11-6-7-13-14(8-11)16(4,5)12(10-17)9-15(13,2)3/h6-8,12H,9-10H2,1-5H3. The number of halogens is 1. The smallest absolute Gasteiger partial charge is 0.0260 e. The first-order valence-electron chi connectivity index (χ1n) is 6.46. The molecule has 1 unspecified atom stereocenters. The number of hydrogen-bond donors (Lipinski definition) is 0. The molecule has 2 rings (SSSR count). The van der Waals surface area contributed by atoms with Crippen LogP contribution in [-0.2, 0) is 10.8 Å². The molecule has 0 nitrogen and oxygen atoms in total. The minimum Gasteiger partial charge on any atom is -0.126 e. The van der Waals surface area contributed by atoms with E-state index in [0.717, 1.165) is 5.88 Å². The first kappa shape index (κ1) is 13.0. The maximum Gasteiger partial charge on any atom is 0.0260 e. The summed E-state index contributed by atoms with van der Waals surface area (Å²) in [4.78, 5) is 0. The monoisotopic (exact) mass is 250 g/mol. The van der Waals surface area contributed by atoms with Gasteiger partial charge in [0.1, 0.15) is 0 Å². The Kier molecular flexibility index (Phi) is 3.06. The van der Waals surface area contributed by atoms with E-state index in [-0.39, 0.29) is 10.8 Å². The summed E-state index contributed by atoms with van der Waals surface area (Å²) in [6, 6.07) is 6.91. The fraction of sp³-hybridized carbons (Fsp3) is 0.625. The van der Waals surface area contributed by atoms with Crippen molar-refractivity contribution in [3.63, 3.8) is 0 Å². The Morgan fingerprint density at radius 2 is 1.82 bits per heavy atom. The highest BCUT2D eigenvalue weighted by Gasteiger charge is 2.43. The maximum absolute atomic E-state index is 6.20. The molecule has 0 amide bonds. The molecule has 0 N–H and O–H groups in total. The fourth-order valence-corrected chi connectivity index (χ4v) is 3.72. The molecular formula is C16H23Cl. The number of hydrogen-bond acceptors (Lipinski definition) is 0. The van der Waals surface area contributed by atoms with Gasteiger partial charge in [0.05, 0.1) is 0 Å². The van der Waals surface area contributed by atoms with Gasteiger partial charge in [0, 0.05) is 5.88 Å². The summed E-state index contributed by atoms with van der Waals surface area (Å²) in [5.41, 5.74) is 4.80. The molecule has 1 aromatic carbocycles. The molecule has 1 atom stereocenters. The van der Waals surface area contributed by atoms with Crippen LogP contribution in [0.25, 0.3) is 0 Å². The minimum atomic E-state index is 0.193. The number of benzene rings is 1. The molecule has 0 saturated carbocycles. The summed E-state index contributed by atoms with van der Waals surface area (Å²) >= 11 is 6.20. The lowest BCUT2D eigenvalue weighted by Crippen LogP contribution is -2.42. The van der Waals surface area contributed by atoms with Crippen LogP contribution in [0.3, 0.4) is 0 Å². The molecule has 17 heavy (non-hydrogen) atoms. The van der Waals surface area contributed by atoms with Gasteiger partial charge in [-0.3, -0.25) is 0 Å². The van der Waals surface area contributed by atoms with Crippen molar-refractivity contribution < 1.29 is 0 Å². The fourth-order valence-electron chi connectivity index (χ4n) is 3.23. The van der Waals surface area contributed by atoms with Crippen LogP contribution in [0.5, 0.6) is 0 Å². The number of rotatable bonds is 1.